The number of hydrogen-bond donors (Lipinski definition) is 1. The molecule has 0 fully saturated rings. The highest BCUT2D eigenvalue weighted by Gasteiger charge is 2.07. The van der Waals surface area contributed by atoms with Crippen molar-refractivity contribution in [3.05, 3.63) is 43.8 Å². The maximum Gasteiger partial charge on any atom is 0.137 e. The van der Waals surface area contributed by atoms with Gasteiger partial charge in [0.2, 0.25) is 0 Å². The number of nitrogens with one attached hydrogen (secondary N) is 1. The molecule has 0 unspecified atom stereocenters. The maximum absolute atomic E-state index is 5.41. The first kappa shape index (κ1) is 15.5. The van der Waals surface area contributed by atoms with Crippen LogP contribution in [0.5, 0.6) is 5.75 Å². The van der Waals surface area contributed by atoms with E-state index >= 15 is 0 Å². The third kappa shape index (κ3) is 3.81. The topological polar surface area (TPSA) is 34.1 Å². The Labute approximate surface area is 132 Å². The van der Waals surface area contributed by atoms with Crippen molar-refractivity contribution in [2.24, 2.45) is 0 Å². The zero-order valence-electron chi connectivity index (χ0n) is 12.0. The summed E-state index contributed by atoms with van der Waals surface area (Å²) in [6.07, 6.45) is 0.968. The summed E-state index contributed by atoms with van der Waals surface area (Å²) in [5.41, 5.74) is 2.31. The average molecular weight is 355 g/mol. The molecular formula is C15H19BrN2OS. The molecule has 0 spiro atoms. The van der Waals surface area contributed by atoms with Crippen molar-refractivity contribution >= 4 is 27.3 Å². The minimum absolute atomic E-state index is 0.798. The van der Waals surface area contributed by atoms with Crippen LogP contribution in [0.15, 0.2) is 22.7 Å². The quantitative estimate of drug-likeness (QED) is 0.799. The summed E-state index contributed by atoms with van der Waals surface area (Å²) in [6.45, 7) is 5.90. The number of thiazole rings is 1. The van der Waals surface area contributed by atoms with Crippen LogP contribution in [0.25, 0.3) is 0 Å². The van der Waals surface area contributed by atoms with E-state index in [0.29, 0.717) is 0 Å². The summed E-state index contributed by atoms with van der Waals surface area (Å²) in [5.74, 6) is 0.904. The molecule has 0 aliphatic heterocycles. The number of ether oxygens (including phenoxy) is 1. The standard InChI is InChI=1S/C15H19BrN2OS/c1-10-11(2)20-14(18-10)7-8-17-9-12-5-4-6-13(16)15(12)19-3/h4-6,17H,7-9H2,1-3H3. The first-order valence-electron chi connectivity index (χ1n) is 6.57. The Bertz CT molecular complexity index is 564. The van der Waals surface area contributed by atoms with Crippen LogP contribution in [-0.4, -0.2) is 18.6 Å². The molecule has 2 aromatic rings. The minimum atomic E-state index is 0.798. The van der Waals surface area contributed by atoms with Gasteiger partial charge < -0.3 is 10.1 Å². The molecule has 5 heteroatoms. The summed E-state index contributed by atoms with van der Waals surface area (Å²) in [6, 6.07) is 6.09. The lowest BCUT2D eigenvalue weighted by Gasteiger charge is -2.10. The normalized spacial score (nSPS) is 10.8. The van der Waals surface area contributed by atoms with Gasteiger partial charge in [0.15, 0.2) is 0 Å². The smallest absolute Gasteiger partial charge is 0.137 e. The van der Waals surface area contributed by atoms with Gasteiger partial charge in [0.05, 0.1) is 22.3 Å². The highest BCUT2D eigenvalue weighted by Crippen LogP contribution is 2.28. The fraction of sp³-hybridized carbons (Fsp3) is 0.400. The first-order valence-corrected chi connectivity index (χ1v) is 8.17. The van der Waals surface area contributed by atoms with Crippen molar-refractivity contribution in [2.45, 2.75) is 26.8 Å². The Balaban J connectivity index is 1.86. The zero-order valence-corrected chi connectivity index (χ0v) is 14.4. The number of rotatable bonds is 6. The van der Waals surface area contributed by atoms with Crippen molar-refractivity contribution in [1.82, 2.24) is 10.3 Å². The van der Waals surface area contributed by atoms with Gasteiger partial charge in [-0.2, -0.15) is 0 Å². The van der Waals surface area contributed by atoms with E-state index in [1.165, 1.54) is 9.88 Å². The van der Waals surface area contributed by atoms with Gasteiger partial charge in [-0.3, -0.25) is 0 Å². The number of benzene rings is 1. The van der Waals surface area contributed by atoms with Crippen LogP contribution in [0.3, 0.4) is 0 Å². The molecule has 0 aliphatic rings. The minimum Gasteiger partial charge on any atom is -0.495 e. The molecule has 0 radical (unpaired) electrons. The summed E-state index contributed by atoms with van der Waals surface area (Å²) < 4.78 is 6.40. The van der Waals surface area contributed by atoms with Gasteiger partial charge >= 0.3 is 0 Å². The Morgan fingerprint density at radius 1 is 1.35 bits per heavy atom. The van der Waals surface area contributed by atoms with Gasteiger partial charge in [0.25, 0.3) is 0 Å². The molecule has 0 saturated heterocycles. The molecule has 20 heavy (non-hydrogen) atoms. The second-order valence-corrected chi connectivity index (χ2v) is 6.75. The highest BCUT2D eigenvalue weighted by molar-refractivity contribution is 9.10. The molecular weight excluding hydrogens is 336 g/mol. The van der Waals surface area contributed by atoms with E-state index in [-0.39, 0.29) is 0 Å². The number of aryl methyl sites for hydroxylation is 2. The van der Waals surface area contributed by atoms with E-state index in [0.717, 1.165) is 41.0 Å². The molecule has 0 amide bonds. The fourth-order valence-corrected chi connectivity index (χ4v) is 3.49. The molecule has 0 aliphatic carbocycles. The van der Waals surface area contributed by atoms with E-state index in [4.69, 9.17) is 4.74 Å². The maximum atomic E-state index is 5.41. The molecule has 2 rings (SSSR count). The fourth-order valence-electron chi connectivity index (χ4n) is 1.99. The van der Waals surface area contributed by atoms with Crippen LogP contribution in [0.1, 0.15) is 21.1 Å². The Morgan fingerprint density at radius 2 is 2.15 bits per heavy atom. The van der Waals surface area contributed by atoms with E-state index < -0.39 is 0 Å². The molecule has 0 atom stereocenters. The van der Waals surface area contributed by atoms with E-state index in [9.17, 15) is 0 Å². The molecule has 1 aromatic heterocycles. The molecule has 108 valence electrons. The number of hydrogen-bond acceptors (Lipinski definition) is 4. The lowest BCUT2D eigenvalue weighted by Crippen LogP contribution is -2.17. The summed E-state index contributed by atoms with van der Waals surface area (Å²) in [7, 11) is 1.70. The van der Waals surface area contributed by atoms with Crippen molar-refractivity contribution in [2.75, 3.05) is 13.7 Å². The van der Waals surface area contributed by atoms with Crippen LogP contribution in [0, 0.1) is 13.8 Å². The Hall–Kier alpha value is -0.910. The molecule has 0 bridgehead atoms. The van der Waals surface area contributed by atoms with Crippen molar-refractivity contribution in [1.29, 1.82) is 0 Å². The van der Waals surface area contributed by atoms with Crippen LogP contribution in [0.4, 0.5) is 0 Å². The monoisotopic (exact) mass is 354 g/mol. The van der Waals surface area contributed by atoms with Crippen LogP contribution < -0.4 is 10.1 Å². The van der Waals surface area contributed by atoms with Gasteiger partial charge in [-0.05, 0) is 35.8 Å². The first-order chi connectivity index (χ1) is 9.61. The van der Waals surface area contributed by atoms with Crippen LogP contribution in [0.2, 0.25) is 0 Å². The largest absolute Gasteiger partial charge is 0.495 e. The number of halogens is 1. The third-order valence-electron chi connectivity index (χ3n) is 3.16. The predicted octanol–water partition coefficient (Wildman–Crippen LogP) is 3.86. The van der Waals surface area contributed by atoms with E-state index in [2.05, 4.69) is 46.1 Å². The van der Waals surface area contributed by atoms with Crippen LogP contribution >= 0.6 is 27.3 Å². The second kappa shape index (κ2) is 7.20. The zero-order chi connectivity index (χ0) is 14.5. The molecule has 1 heterocycles. The highest BCUT2D eigenvalue weighted by atomic mass is 79.9. The molecule has 1 N–H and O–H groups in total. The second-order valence-electron chi connectivity index (χ2n) is 4.61. The number of para-hydroxylation sites is 1. The lowest BCUT2D eigenvalue weighted by atomic mass is 10.2. The van der Waals surface area contributed by atoms with Gasteiger partial charge in [0.1, 0.15) is 5.75 Å². The van der Waals surface area contributed by atoms with E-state index in [1.807, 2.05) is 12.1 Å². The lowest BCUT2D eigenvalue weighted by molar-refractivity contribution is 0.405. The summed E-state index contributed by atoms with van der Waals surface area (Å²) in [5, 5.41) is 4.65. The number of methoxy groups -OCH3 is 1. The van der Waals surface area contributed by atoms with Gasteiger partial charge in [-0.25, -0.2) is 4.98 Å². The molecule has 3 nitrogen and oxygen atoms in total. The van der Waals surface area contributed by atoms with E-state index in [1.54, 1.807) is 18.4 Å². The average Bonchev–Trinajstić information content (AvgIpc) is 2.74. The van der Waals surface area contributed by atoms with Gasteiger partial charge in [0, 0.05) is 30.0 Å². The number of aromatic nitrogens is 1. The van der Waals surface area contributed by atoms with Crippen molar-refractivity contribution in [3.8, 4) is 5.75 Å². The molecule has 1 aromatic carbocycles. The molecule has 0 saturated carbocycles. The third-order valence-corrected chi connectivity index (χ3v) is 4.91. The van der Waals surface area contributed by atoms with Crippen molar-refractivity contribution < 1.29 is 4.74 Å². The number of nitrogens with zero attached hydrogens (tertiary/aromatic N) is 1. The van der Waals surface area contributed by atoms with Crippen LogP contribution in [-0.2, 0) is 13.0 Å². The van der Waals surface area contributed by atoms with Gasteiger partial charge in [-0.15, -0.1) is 11.3 Å². The van der Waals surface area contributed by atoms with Gasteiger partial charge in [-0.1, -0.05) is 12.1 Å². The predicted molar refractivity (Wildman–Crippen MR) is 87.7 cm³/mol. The SMILES string of the molecule is COc1c(Br)cccc1CNCCc1nc(C)c(C)s1. The Kier molecular flexibility index (Phi) is 5.57. The summed E-state index contributed by atoms with van der Waals surface area (Å²) in [4.78, 5) is 5.86. The Morgan fingerprint density at radius 3 is 2.80 bits per heavy atom. The van der Waals surface area contributed by atoms with Crippen molar-refractivity contribution in [3.63, 3.8) is 0 Å². The summed E-state index contributed by atoms with van der Waals surface area (Å²) >= 11 is 5.29.